The van der Waals surface area contributed by atoms with Gasteiger partial charge in [-0.15, -0.1) is 0 Å². The van der Waals surface area contributed by atoms with Gasteiger partial charge in [0.05, 0.1) is 0 Å². The third-order valence-electron chi connectivity index (χ3n) is 3.72. The van der Waals surface area contributed by atoms with E-state index in [4.69, 9.17) is 4.52 Å². The van der Waals surface area contributed by atoms with Crippen molar-refractivity contribution < 1.29 is 18.5 Å². The summed E-state index contributed by atoms with van der Waals surface area (Å²) in [5.74, 6) is -0.113. The number of rotatable bonds is 5. The minimum Gasteiger partial charge on any atom is -0.339 e. The van der Waals surface area contributed by atoms with Gasteiger partial charge >= 0.3 is 0 Å². The quantitative estimate of drug-likeness (QED) is 0.812. The number of aryl methyl sites for hydroxylation is 2. The number of carbonyl (C=O) groups is 2. The molecule has 1 aromatic carbocycles. The number of hydrogen-bond donors (Lipinski definition) is 2. The van der Waals surface area contributed by atoms with Crippen LogP contribution in [0.5, 0.6) is 0 Å². The highest BCUT2D eigenvalue weighted by molar-refractivity contribution is 5.84. The molecule has 0 bridgehead atoms. The Bertz CT molecular complexity index is 770. The predicted octanol–water partition coefficient (Wildman–Crippen LogP) is 1.67. The summed E-state index contributed by atoms with van der Waals surface area (Å²) in [7, 11) is 0. The molecule has 126 valence electrons. The van der Waals surface area contributed by atoms with Crippen LogP contribution in [0.4, 0.5) is 4.39 Å². The molecule has 0 atom stereocenters. The van der Waals surface area contributed by atoms with E-state index in [0.29, 0.717) is 22.8 Å². The molecule has 1 aliphatic rings. The Morgan fingerprint density at radius 3 is 2.83 bits per heavy atom. The van der Waals surface area contributed by atoms with Crippen LogP contribution in [-0.4, -0.2) is 22.0 Å². The molecule has 1 aromatic heterocycles. The van der Waals surface area contributed by atoms with E-state index in [1.807, 2.05) is 0 Å². The minimum atomic E-state index is -0.332. The summed E-state index contributed by atoms with van der Waals surface area (Å²) < 4.78 is 18.4. The third-order valence-corrected chi connectivity index (χ3v) is 3.72. The summed E-state index contributed by atoms with van der Waals surface area (Å²) in [4.78, 5) is 27.3. The number of hydrogen-bond acceptors (Lipinski definition) is 5. The first-order valence-electron chi connectivity index (χ1n) is 7.71. The molecule has 1 aliphatic carbocycles. The van der Waals surface area contributed by atoms with E-state index >= 15 is 0 Å². The molecule has 3 rings (SSSR count). The standard InChI is InChI=1S/C16H17FN4O3/c1-9-8-11(4-5-12(9)17)15-18-14(24-21-15)7-6-13(22)19-20-16(23)10-2-3-10/h4-5,8,10H,2-3,6-7H2,1H3,(H,19,22)(H,20,23). The number of amides is 2. The van der Waals surface area contributed by atoms with E-state index in [1.165, 1.54) is 6.07 Å². The van der Waals surface area contributed by atoms with Gasteiger partial charge in [0.2, 0.25) is 23.5 Å². The average molecular weight is 332 g/mol. The van der Waals surface area contributed by atoms with Crippen LogP contribution in [0.15, 0.2) is 22.7 Å². The first kappa shape index (κ1) is 16.1. The Balaban J connectivity index is 1.51. The maximum absolute atomic E-state index is 13.3. The molecule has 0 unspecified atom stereocenters. The number of halogens is 1. The lowest BCUT2D eigenvalue weighted by Crippen LogP contribution is -2.42. The van der Waals surface area contributed by atoms with Crippen LogP contribution in [0.3, 0.4) is 0 Å². The molecular formula is C16H17FN4O3. The Kier molecular flexibility index (Phi) is 4.54. The molecular weight excluding hydrogens is 315 g/mol. The zero-order chi connectivity index (χ0) is 17.1. The molecule has 0 saturated heterocycles. The highest BCUT2D eigenvalue weighted by Gasteiger charge is 2.29. The highest BCUT2D eigenvalue weighted by atomic mass is 19.1. The van der Waals surface area contributed by atoms with Gasteiger partial charge in [-0.25, -0.2) is 4.39 Å². The van der Waals surface area contributed by atoms with Crippen molar-refractivity contribution in [3.8, 4) is 11.4 Å². The van der Waals surface area contributed by atoms with E-state index in [0.717, 1.165) is 12.8 Å². The number of nitrogens with one attached hydrogen (secondary N) is 2. The predicted molar refractivity (Wildman–Crippen MR) is 81.8 cm³/mol. The fourth-order valence-corrected chi connectivity index (χ4v) is 2.12. The van der Waals surface area contributed by atoms with Gasteiger partial charge in [-0.1, -0.05) is 5.16 Å². The zero-order valence-electron chi connectivity index (χ0n) is 13.1. The first-order chi connectivity index (χ1) is 11.5. The van der Waals surface area contributed by atoms with Crippen molar-refractivity contribution in [2.45, 2.75) is 32.6 Å². The molecule has 2 N–H and O–H groups in total. The van der Waals surface area contributed by atoms with E-state index in [2.05, 4.69) is 21.0 Å². The lowest BCUT2D eigenvalue weighted by molar-refractivity contribution is -0.129. The number of hydrazine groups is 1. The van der Waals surface area contributed by atoms with Gasteiger partial charge in [0.25, 0.3) is 0 Å². The minimum absolute atomic E-state index is 0.0305. The Labute approximate surface area is 137 Å². The Morgan fingerprint density at radius 2 is 2.12 bits per heavy atom. The second-order valence-electron chi connectivity index (χ2n) is 5.79. The summed E-state index contributed by atoms with van der Waals surface area (Å²) in [6.45, 7) is 1.65. The number of nitrogens with zero attached hydrogens (tertiary/aromatic N) is 2. The molecule has 0 radical (unpaired) electrons. The molecule has 7 nitrogen and oxygen atoms in total. The SMILES string of the molecule is Cc1cc(-c2noc(CCC(=O)NNC(=O)C3CC3)n2)ccc1F. The molecule has 24 heavy (non-hydrogen) atoms. The summed E-state index contributed by atoms with van der Waals surface area (Å²) >= 11 is 0. The van der Waals surface area contributed by atoms with Gasteiger partial charge in [0.15, 0.2) is 0 Å². The van der Waals surface area contributed by atoms with Gasteiger partial charge < -0.3 is 4.52 Å². The topological polar surface area (TPSA) is 97.1 Å². The van der Waals surface area contributed by atoms with Crippen LogP contribution in [-0.2, 0) is 16.0 Å². The summed E-state index contributed by atoms with van der Waals surface area (Å²) in [6.07, 6.45) is 2.10. The second-order valence-corrected chi connectivity index (χ2v) is 5.79. The monoisotopic (exact) mass is 332 g/mol. The molecule has 1 heterocycles. The summed E-state index contributed by atoms with van der Waals surface area (Å²) in [5, 5.41) is 3.83. The van der Waals surface area contributed by atoms with Crippen LogP contribution in [0.25, 0.3) is 11.4 Å². The van der Waals surface area contributed by atoms with Gasteiger partial charge in [-0.05, 0) is 43.5 Å². The third kappa shape index (κ3) is 3.95. The van der Waals surface area contributed by atoms with Gasteiger partial charge in [0, 0.05) is 24.3 Å². The van der Waals surface area contributed by atoms with Crippen molar-refractivity contribution in [1.82, 2.24) is 21.0 Å². The molecule has 2 amide bonds. The van der Waals surface area contributed by atoms with Gasteiger partial charge in [-0.3, -0.25) is 20.4 Å². The molecule has 1 saturated carbocycles. The van der Waals surface area contributed by atoms with Crippen molar-refractivity contribution in [3.63, 3.8) is 0 Å². The molecule has 0 spiro atoms. The smallest absolute Gasteiger partial charge is 0.241 e. The average Bonchev–Trinajstić information content (AvgIpc) is 3.32. The van der Waals surface area contributed by atoms with Crippen LogP contribution in [0.2, 0.25) is 0 Å². The van der Waals surface area contributed by atoms with Crippen molar-refractivity contribution in [1.29, 1.82) is 0 Å². The van der Waals surface area contributed by atoms with Crippen LogP contribution < -0.4 is 10.9 Å². The fraction of sp³-hybridized carbons (Fsp3) is 0.375. The van der Waals surface area contributed by atoms with E-state index in [9.17, 15) is 14.0 Å². The van der Waals surface area contributed by atoms with E-state index < -0.39 is 0 Å². The first-order valence-corrected chi connectivity index (χ1v) is 7.71. The van der Waals surface area contributed by atoms with Crippen LogP contribution in [0.1, 0.15) is 30.7 Å². The largest absolute Gasteiger partial charge is 0.339 e. The Hall–Kier alpha value is -2.77. The summed E-state index contributed by atoms with van der Waals surface area (Å²) in [5.41, 5.74) is 5.87. The molecule has 1 fully saturated rings. The van der Waals surface area contributed by atoms with Crippen LogP contribution >= 0.6 is 0 Å². The molecule has 0 aliphatic heterocycles. The zero-order valence-corrected chi connectivity index (χ0v) is 13.1. The number of carbonyl (C=O) groups excluding carboxylic acids is 2. The van der Waals surface area contributed by atoms with Crippen LogP contribution in [0, 0.1) is 18.7 Å². The van der Waals surface area contributed by atoms with E-state index in [1.54, 1.807) is 19.1 Å². The second kappa shape index (κ2) is 6.77. The maximum Gasteiger partial charge on any atom is 0.241 e. The lowest BCUT2D eigenvalue weighted by Gasteiger charge is -2.05. The van der Waals surface area contributed by atoms with Gasteiger partial charge in [-0.2, -0.15) is 4.98 Å². The molecule has 2 aromatic rings. The fourth-order valence-electron chi connectivity index (χ4n) is 2.12. The summed E-state index contributed by atoms with van der Waals surface area (Å²) in [6, 6.07) is 4.54. The number of benzene rings is 1. The highest BCUT2D eigenvalue weighted by Crippen LogP contribution is 2.28. The Morgan fingerprint density at radius 1 is 1.33 bits per heavy atom. The van der Waals surface area contributed by atoms with E-state index in [-0.39, 0.29) is 36.4 Å². The number of aromatic nitrogens is 2. The normalized spacial score (nSPS) is 13.6. The van der Waals surface area contributed by atoms with Crippen molar-refractivity contribution in [3.05, 3.63) is 35.5 Å². The maximum atomic E-state index is 13.3. The lowest BCUT2D eigenvalue weighted by atomic mass is 10.1. The van der Waals surface area contributed by atoms with Crippen molar-refractivity contribution in [2.75, 3.05) is 0 Å². The van der Waals surface area contributed by atoms with Gasteiger partial charge in [0.1, 0.15) is 5.82 Å². The molecule has 8 heteroatoms. The van der Waals surface area contributed by atoms with Crippen molar-refractivity contribution in [2.24, 2.45) is 5.92 Å². The van der Waals surface area contributed by atoms with Crippen molar-refractivity contribution >= 4 is 11.8 Å².